The van der Waals surface area contributed by atoms with Crippen molar-refractivity contribution in [2.45, 2.75) is 143 Å². The topological polar surface area (TPSA) is 60.4 Å². The number of fused-ring (bicyclic) bond motifs is 1. The third kappa shape index (κ3) is 8.13. The Morgan fingerprint density at radius 1 is 0.412 bits per heavy atom. The molecule has 0 atom stereocenters. The fraction of sp³-hybridized carbons (Fsp3) is 0.733. The lowest BCUT2D eigenvalue weighted by atomic mass is 9.94. The van der Waals surface area contributed by atoms with E-state index in [9.17, 15) is 9.59 Å². The third-order valence-corrected chi connectivity index (χ3v) is 6.93. The van der Waals surface area contributed by atoms with Crippen molar-refractivity contribution < 1.29 is 8.83 Å². The summed E-state index contributed by atoms with van der Waals surface area (Å²) in [6, 6.07) is 0. The van der Waals surface area contributed by atoms with Crippen molar-refractivity contribution in [3.05, 3.63) is 43.1 Å². The summed E-state index contributed by atoms with van der Waals surface area (Å²) in [4.78, 5) is 26.2. The molecular formula is C30H48O4. The maximum absolute atomic E-state index is 13.2. The second-order valence-corrected chi connectivity index (χ2v) is 9.89. The van der Waals surface area contributed by atoms with Crippen LogP contribution < -0.4 is 11.3 Å². The van der Waals surface area contributed by atoms with Crippen LogP contribution in [0.2, 0.25) is 0 Å². The molecule has 0 N–H and O–H groups in total. The minimum atomic E-state index is -0.249. The first-order valence-electron chi connectivity index (χ1n) is 14.2. The Kier molecular flexibility index (Phi) is 13.3. The molecule has 0 aliphatic rings. The molecule has 34 heavy (non-hydrogen) atoms. The van der Waals surface area contributed by atoms with E-state index in [0.717, 1.165) is 68.1 Å². The van der Waals surface area contributed by atoms with E-state index in [4.69, 9.17) is 8.83 Å². The predicted molar refractivity (Wildman–Crippen MR) is 143 cm³/mol. The summed E-state index contributed by atoms with van der Waals surface area (Å²) in [5.74, 6) is 0. The Morgan fingerprint density at radius 2 is 0.765 bits per heavy atom. The predicted octanol–water partition coefficient (Wildman–Crippen LogP) is 8.46. The molecule has 0 aliphatic heterocycles. The van der Waals surface area contributed by atoms with Crippen molar-refractivity contribution in [1.82, 2.24) is 0 Å². The van der Waals surface area contributed by atoms with Crippen molar-refractivity contribution in [3.8, 4) is 0 Å². The molecule has 0 amide bonds. The van der Waals surface area contributed by atoms with E-state index in [1.165, 1.54) is 51.4 Å². The first kappa shape index (κ1) is 28.4. The summed E-state index contributed by atoms with van der Waals surface area (Å²) in [6.07, 6.45) is 18.8. The van der Waals surface area contributed by atoms with E-state index in [0.29, 0.717) is 29.6 Å². The number of hydrogen-bond donors (Lipinski definition) is 0. The average Bonchev–Trinajstić information content (AvgIpc) is 2.82. The Bertz CT molecular complexity index is 966. The number of unbranched alkanes of at least 4 members (excludes halogenated alkanes) is 10. The van der Waals surface area contributed by atoms with Gasteiger partial charge in [-0.15, -0.1) is 0 Å². The van der Waals surface area contributed by atoms with Crippen molar-refractivity contribution in [2.75, 3.05) is 0 Å². The van der Waals surface area contributed by atoms with Gasteiger partial charge in [-0.1, -0.05) is 105 Å². The molecule has 4 heteroatoms. The zero-order chi connectivity index (χ0) is 24.8. The minimum Gasteiger partial charge on any atom is -0.419 e. The normalized spacial score (nSPS) is 11.5. The molecule has 2 heterocycles. The Labute approximate surface area is 206 Å². The Balaban J connectivity index is 2.42. The fourth-order valence-electron chi connectivity index (χ4n) is 5.02. The number of aryl methyl sites for hydroxylation is 2. The smallest absolute Gasteiger partial charge is 0.339 e. The Morgan fingerprint density at radius 3 is 1.24 bits per heavy atom. The monoisotopic (exact) mass is 472 g/mol. The van der Waals surface area contributed by atoms with Crippen LogP contribution in [0.25, 0.3) is 11.2 Å². The van der Waals surface area contributed by atoms with Crippen LogP contribution in [-0.2, 0) is 25.7 Å². The zero-order valence-electron chi connectivity index (χ0n) is 22.4. The van der Waals surface area contributed by atoms with E-state index < -0.39 is 0 Å². The molecule has 2 rings (SSSR count). The molecule has 0 unspecified atom stereocenters. The maximum atomic E-state index is 13.2. The lowest BCUT2D eigenvalue weighted by Crippen LogP contribution is -2.18. The van der Waals surface area contributed by atoms with Crippen LogP contribution in [0, 0.1) is 0 Å². The highest BCUT2D eigenvalue weighted by Crippen LogP contribution is 2.28. The summed E-state index contributed by atoms with van der Waals surface area (Å²) in [6.45, 7) is 8.61. The van der Waals surface area contributed by atoms with Crippen molar-refractivity contribution in [3.63, 3.8) is 0 Å². The maximum Gasteiger partial charge on any atom is 0.339 e. The molecule has 0 fully saturated rings. The molecule has 0 aliphatic carbocycles. The quantitative estimate of drug-likeness (QED) is 0.204. The largest absolute Gasteiger partial charge is 0.419 e. The van der Waals surface area contributed by atoms with Crippen LogP contribution in [0.15, 0.2) is 18.4 Å². The Hall–Kier alpha value is -1.84. The van der Waals surface area contributed by atoms with Crippen LogP contribution in [0.1, 0.15) is 140 Å². The first-order chi connectivity index (χ1) is 16.6. The second-order valence-electron chi connectivity index (χ2n) is 9.89. The van der Waals surface area contributed by atoms with Crippen molar-refractivity contribution in [2.24, 2.45) is 0 Å². The van der Waals surface area contributed by atoms with Crippen LogP contribution in [-0.4, -0.2) is 0 Å². The lowest BCUT2D eigenvalue weighted by molar-refractivity contribution is 0.486. The van der Waals surface area contributed by atoms with Crippen LogP contribution >= 0.6 is 0 Å². The molecule has 0 bridgehead atoms. The van der Waals surface area contributed by atoms with Gasteiger partial charge in [0.15, 0.2) is 11.2 Å². The van der Waals surface area contributed by atoms with Gasteiger partial charge in [0.25, 0.3) is 0 Å². The summed E-state index contributed by atoms with van der Waals surface area (Å²) >= 11 is 0. The zero-order valence-corrected chi connectivity index (χ0v) is 22.4. The molecule has 2 aromatic rings. The minimum absolute atomic E-state index is 0.226. The van der Waals surface area contributed by atoms with Crippen LogP contribution in [0.5, 0.6) is 0 Å². The number of rotatable bonds is 18. The SMILES string of the molecule is CCCCCCCCc1c(CCCCCCCC)c2oc(=O)c(CCC)c(CCC)c2oc1=O. The second kappa shape index (κ2) is 15.9. The van der Waals surface area contributed by atoms with Gasteiger partial charge in [-0.25, -0.2) is 9.59 Å². The summed E-state index contributed by atoms with van der Waals surface area (Å²) < 4.78 is 11.9. The van der Waals surface area contributed by atoms with Gasteiger partial charge in [0.2, 0.25) is 0 Å². The highest BCUT2D eigenvalue weighted by molar-refractivity contribution is 5.79. The highest BCUT2D eigenvalue weighted by Gasteiger charge is 2.22. The van der Waals surface area contributed by atoms with E-state index >= 15 is 0 Å². The summed E-state index contributed by atoms with van der Waals surface area (Å²) in [5.41, 5.74) is 3.86. The van der Waals surface area contributed by atoms with Gasteiger partial charge >= 0.3 is 11.3 Å². The highest BCUT2D eigenvalue weighted by atomic mass is 16.4. The lowest BCUT2D eigenvalue weighted by Gasteiger charge is -2.14. The molecular weight excluding hydrogens is 424 g/mol. The van der Waals surface area contributed by atoms with Crippen molar-refractivity contribution in [1.29, 1.82) is 0 Å². The molecule has 2 aromatic heterocycles. The molecule has 4 nitrogen and oxygen atoms in total. The fourth-order valence-corrected chi connectivity index (χ4v) is 5.02. The van der Waals surface area contributed by atoms with Gasteiger partial charge in [-0.2, -0.15) is 0 Å². The molecule has 0 saturated heterocycles. The van der Waals surface area contributed by atoms with Crippen molar-refractivity contribution >= 4 is 11.2 Å². The third-order valence-electron chi connectivity index (χ3n) is 6.93. The molecule has 0 radical (unpaired) electrons. The molecule has 0 spiro atoms. The van der Waals surface area contributed by atoms with E-state index in [-0.39, 0.29) is 11.3 Å². The van der Waals surface area contributed by atoms with Gasteiger partial charge in [-0.3, -0.25) is 0 Å². The van der Waals surface area contributed by atoms with E-state index in [1.54, 1.807) is 0 Å². The first-order valence-corrected chi connectivity index (χ1v) is 14.2. The summed E-state index contributed by atoms with van der Waals surface area (Å²) in [5, 5.41) is 0. The van der Waals surface area contributed by atoms with E-state index in [1.807, 2.05) is 0 Å². The molecule has 0 saturated carbocycles. The standard InChI is InChI=1S/C30H48O4/c1-5-9-11-13-15-17-21-24-26(22-18-16-14-12-10-6-2)30(32)33-27-23(19-7-3)25(20-8-4)29(31)34-28(24)27/h5-22H2,1-4H3. The molecule has 192 valence electrons. The van der Waals surface area contributed by atoms with Gasteiger partial charge in [0.05, 0.1) is 0 Å². The van der Waals surface area contributed by atoms with Crippen LogP contribution in [0.4, 0.5) is 0 Å². The summed E-state index contributed by atoms with van der Waals surface area (Å²) in [7, 11) is 0. The van der Waals surface area contributed by atoms with Gasteiger partial charge in [0, 0.05) is 22.3 Å². The van der Waals surface area contributed by atoms with Crippen LogP contribution in [0.3, 0.4) is 0 Å². The van der Waals surface area contributed by atoms with Gasteiger partial charge in [0.1, 0.15) is 0 Å². The van der Waals surface area contributed by atoms with Gasteiger partial charge in [-0.05, 0) is 38.5 Å². The average molecular weight is 473 g/mol. The molecule has 0 aromatic carbocycles. The van der Waals surface area contributed by atoms with Gasteiger partial charge < -0.3 is 8.83 Å². The number of hydrogen-bond acceptors (Lipinski definition) is 4. The van der Waals surface area contributed by atoms with E-state index in [2.05, 4.69) is 27.7 Å².